The number of anilines is 1. The van der Waals surface area contributed by atoms with E-state index >= 15 is 0 Å². The molecule has 3 heterocycles. The van der Waals surface area contributed by atoms with Gasteiger partial charge >= 0.3 is 0 Å². The molecule has 0 saturated carbocycles. The van der Waals surface area contributed by atoms with Crippen LogP contribution in [-0.4, -0.2) is 28.4 Å². The van der Waals surface area contributed by atoms with E-state index in [0.717, 1.165) is 33.3 Å². The lowest BCUT2D eigenvalue weighted by atomic mass is 9.94. The van der Waals surface area contributed by atoms with Gasteiger partial charge in [-0.2, -0.15) is 0 Å². The molecule has 0 spiro atoms. The highest BCUT2D eigenvalue weighted by atomic mass is 35.5. The molecule has 150 valence electrons. The second-order valence-electron chi connectivity index (χ2n) is 6.75. The van der Waals surface area contributed by atoms with Crippen LogP contribution in [0.25, 0.3) is 22.0 Å². The van der Waals surface area contributed by atoms with Crippen LogP contribution in [0.5, 0.6) is 5.75 Å². The van der Waals surface area contributed by atoms with Crippen LogP contribution >= 0.6 is 34.3 Å². The van der Waals surface area contributed by atoms with E-state index in [-0.39, 0.29) is 11.9 Å². The molecule has 1 aliphatic rings. The highest BCUT2D eigenvalue weighted by Gasteiger charge is 2.49. The van der Waals surface area contributed by atoms with Crippen molar-refractivity contribution in [1.29, 1.82) is 0 Å². The van der Waals surface area contributed by atoms with Crippen molar-refractivity contribution in [2.24, 2.45) is 0 Å². The van der Waals surface area contributed by atoms with Gasteiger partial charge in [-0.3, -0.25) is 9.69 Å². The van der Waals surface area contributed by atoms with Crippen LogP contribution in [0.4, 0.5) is 5.13 Å². The Kier molecular flexibility index (Phi) is 5.02. The average molecular weight is 454 g/mol. The summed E-state index contributed by atoms with van der Waals surface area (Å²) < 4.78 is 5.21. The SMILES string of the molecule is COc1ccc(-c2csc(-c3csc(N4C(=O)C(Cl)C4c4ccccc4)n3)n2)cc1. The normalized spacial score (nSPS) is 18.3. The number of amides is 1. The van der Waals surface area contributed by atoms with Gasteiger partial charge < -0.3 is 4.74 Å². The lowest BCUT2D eigenvalue weighted by Gasteiger charge is -2.42. The fourth-order valence-electron chi connectivity index (χ4n) is 3.39. The van der Waals surface area contributed by atoms with E-state index in [1.165, 1.54) is 22.7 Å². The van der Waals surface area contributed by atoms with Crippen LogP contribution in [0.1, 0.15) is 11.6 Å². The first-order valence-electron chi connectivity index (χ1n) is 9.23. The molecule has 1 fully saturated rings. The van der Waals surface area contributed by atoms with Crippen molar-refractivity contribution < 1.29 is 9.53 Å². The van der Waals surface area contributed by atoms with E-state index in [0.29, 0.717) is 5.13 Å². The molecule has 4 aromatic rings. The Bertz CT molecular complexity index is 1190. The van der Waals surface area contributed by atoms with Gasteiger partial charge in [-0.1, -0.05) is 30.3 Å². The molecular weight excluding hydrogens is 438 g/mol. The highest BCUT2D eigenvalue weighted by molar-refractivity contribution is 7.16. The number of methoxy groups -OCH3 is 1. The molecule has 30 heavy (non-hydrogen) atoms. The number of alkyl halides is 1. The number of hydrogen-bond acceptors (Lipinski definition) is 6. The molecule has 2 unspecified atom stereocenters. The predicted octanol–water partition coefficient (Wildman–Crippen LogP) is 5.64. The van der Waals surface area contributed by atoms with E-state index in [9.17, 15) is 4.79 Å². The number of carbonyl (C=O) groups excluding carboxylic acids is 1. The van der Waals surface area contributed by atoms with Gasteiger partial charge in [0.2, 0.25) is 5.91 Å². The van der Waals surface area contributed by atoms with E-state index < -0.39 is 5.38 Å². The van der Waals surface area contributed by atoms with Crippen LogP contribution in [0.2, 0.25) is 0 Å². The third-order valence-corrected chi connectivity index (χ3v) is 7.11. The summed E-state index contributed by atoms with van der Waals surface area (Å²) in [5, 5.41) is 4.83. The van der Waals surface area contributed by atoms with Crippen molar-refractivity contribution in [1.82, 2.24) is 9.97 Å². The Morgan fingerprint density at radius 3 is 2.43 bits per heavy atom. The van der Waals surface area contributed by atoms with Crippen LogP contribution < -0.4 is 9.64 Å². The number of nitrogens with zero attached hydrogens (tertiary/aromatic N) is 3. The minimum Gasteiger partial charge on any atom is -0.497 e. The number of aromatic nitrogens is 2. The summed E-state index contributed by atoms with van der Waals surface area (Å²) in [4.78, 5) is 23.6. The summed E-state index contributed by atoms with van der Waals surface area (Å²) in [7, 11) is 1.65. The number of thiazole rings is 2. The van der Waals surface area contributed by atoms with Gasteiger partial charge in [0.25, 0.3) is 0 Å². The molecule has 1 aliphatic heterocycles. The number of carbonyl (C=O) groups is 1. The second kappa shape index (κ2) is 7.83. The predicted molar refractivity (Wildman–Crippen MR) is 122 cm³/mol. The molecule has 2 atom stereocenters. The van der Waals surface area contributed by atoms with E-state index in [1.807, 2.05) is 65.4 Å². The number of rotatable bonds is 5. The van der Waals surface area contributed by atoms with Gasteiger partial charge in [0, 0.05) is 16.3 Å². The third kappa shape index (κ3) is 3.29. The quantitative estimate of drug-likeness (QED) is 0.290. The molecule has 0 radical (unpaired) electrons. The molecule has 0 N–H and O–H groups in total. The number of β-lactam (4-membered cyclic amide) rings is 1. The van der Waals surface area contributed by atoms with Crippen molar-refractivity contribution >= 4 is 45.3 Å². The lowest BCUT2D eigenvalue weighted by molar-refractivity contribution is -0.123. The van der Waals surface area contributed by atoms with Gasteiger partial charge in [-0.05, 0) is 29.8 Å². The number of hydrogen-bond donors (Lipinski definition) is 0. The summed E-state index contributed by atoms with van der Waals surface area (Å²) in [6.45, 7) is 0. The van der Waals surface area contributed by atoms with Crippen LogP contribution in [-0.2, 0) is 4.79 Å². The van der Waals surface area contributed by atoms with Crippen molar-refractivity contribution in [2.45, 2.75) is 11.4 Å². The van der Waals surface area contributed by atoms with Gasteiger partial charge in [0.1, 0.15) is 21.8 Å². The number of benzene rings is 2. The Morgan fingerprint density at radius 2 is 1.70 bits per heavy atom. The van der Waals surface area contributed by atoms with Gasteiger partial charge in [-0.25, -0.2) is 9.97 Å². The molecule has 0 bridgehead atoms. The average Bonchev–Trinajstić information content (AvgIpc) is 3.47. The third-order valence-electron chi connectivity index (χ3n) is 4.98. The summed E-state index contributed by atoms with van der Waals surface area (Å²) in [6, 6.07) is 17.4. The molecule has 5 rings (SSSR count). The highest BCUT2D eigenvalue weighted by Crippen LogP contribution is 2.44. The van der Waals surface area contributed by atoms with Crippen LogP contribution in [0, 0.1) is 0 Å². The monoisotopic (exact) mass is 453 g/mol. The summed E-state index contributed by atoms with van der Waals surface area (Å²) in [6.07, 6.45) is 0. The molecule has 2 aromatic heterocycles. The Balaban J connectivity index is 1.40. The zero-order valence-corrected chi connectivity index (χ0v) is 18.2. The van der Waals surface area contributed by atoms with Crippen molar-refractivity contribution in [3.63, 3.8) is 0 Å². The van der Waals surface area contributed by atoms with Crippen molar-refractivity contribution in [3.8, 4) is 27.7 Å². The maximum Gasteiger partial charge on any atom is 0.249 e. The Labute approximate surface area is 186 Å². The summed E-state index contributed by atoms with van der Waals surface area (Å²) in [5.74, 6) is 0.688. The summed E-state index contributed by atoms with van der Waals surface area (Å²) in [5.41, 5.74) is 3.67. The first-order chi connectivity index (χ1) is 14.7. The molecule has 0 aliphatic carbocycles. The first kappa shape index (κ1) is 19.2. The second-order valence-corrected chi connectivity index (χ2v) is 8.91. The molecule has 1 amide bonds. The van der Waals surface area contributed by atoms with Crippen LogP contribution in [0.15, 0.2) is 65.4 Å². The van der Waals surface area contributed by atoms with Gasteiger partial charge in [0.05, 0.1) is 18.8 Å². The Hall–Kier alpha value is -2.74. The minimum absolute atomic E-state index is 0.121. The summed E-state index contributed by atoms with van der Waals surface area (Å²) >= 11 is 9.28. The lowest BCUT2D eigenvalue weighted by Crippen LogP contribution is -2.56. The molecule has 5 nitrogen and oxygen atoms in total. The van der Waals surface area contributed by atoms with Gasteiger partial charge in [-0.15, -0.1) is 34.3 Å². The smallest absolute Gasteiger partial charge is 0.249 e. The maximum atomic E-state index is 12.5. The Morgan fingerprint density at radius 1 is 0.967 bits per heavy atom. The first-order valence-corrected chi connectivity index (χ1v) is 11.4. The van der Waals surface area contributed by atoms with E-state index in [1.54, 1.807) is 12.0 Å². The van der Waals surface area contributed by atoms with Crippen LogP contribution in [0.3, 0.4) is 0 Å². The fourth-order valence-corrected chi connectivity index (χ4v) is 5.47. The molecular formula is C22H16ClN3O2S2. The number of ether oxygens (including phenoxy) is 1. The zero-order chi connectivity index (χ0) is 20.7. The van der Waals surface area contributed by atoms with E-state index in [2.05, 4.69) is 0 Å². The van der Waals surface area contributed by atoms with Crippen molar-refractivity contribution in [3.05, 3.63) is 70.9 Å². The van der Waals surface area contributed by atoms with Gasteiger partial charge in [0.15, 0.2) is 5.13 Å². The zero-order valence-electron chi connectivity index (χ0n) is 15.9. The minimum atomic E-state index is -0.568. The maximum absolute atomic E-state index is 12.5. The fraction of sp³-hybridized carbons (Fsp3) is 0.136. The molecule has 8 heteroatoms. The van der Waals surface area contributed by atoms with E-state index in [4.69, 9.17) is 26.3 Å². The largest absolute Gasteiger partial charge is 0.497 e. The van der Waals surface area contributed by atoms with Crippen molar-refractivity contribution in [2.75, 3.05) is 12.0 Å². The number of halogens is 1. The molecule has 1 saturated heterocycles. The molecule has 2 aromatic carbocycles. The topological polar surface area (TPSA) is 55.3 Å². The standard InChI is InChI=1S/C22H16ClN3O2S2/c1-28-15-9-7-13(8-10-15)16-11-29-20(24-16)17-12-30-22(25-17)26-19(18(23)21(26)27)14-5-3-2-4-6-14/h2-12,18-19H,1H3.